The largest absolute Gasteiger partial charge is 0.491 e. The first-order valence-corrected chi connectivity index (χ1v) is 10.3. The van der Waals surface area contributed by atoms with E-state index in [1.54, 1.807) is 24.1 Å². The molecule has 0 aliphatic carbocycles. The van der Waals surface area contributed by atoms with Crippen molar-refractivity contribution in [2.24, 2.45) is 0 Å². The van der Waals surface area contributed by atoms with Gasteiger partial charge in [-0.15, -0.1) is 0 Å². The predicted octanol–water partition coefficient (Wildman–Crippen LogP) is 2.97. The maximum Gasteiger partial charge on any atom is 0.254 e. The zero-order valence-electron chi connectivity index (χ0n) is 18.0. The summed E-state index contributed by atoms with van der Waals surface area (Å²) in [6.45, 7) is 6.94. The molecule has 0 saturated carbocycles. The molecule has 0 atom stereocenters. The summed E-state index contributed by atoms with van der Waals surface area (Å²) < 4.78 is 10.6. The third-order valence-electron chi connectivity index (χ3n) is 5.52. The molecule has 1 heterocycles. The molecule has 0 aromatic heterocycles. The highest BCUT2D eigenvalue weighted by Crippen LogP contribution is 2.26. The molecule has 3 rings (SSSR count). The van der Waals surface area contributed by atoms with Crippen LogP contribution in [-0.4, -0.2) is 68.1 Å². The van der Waals surface area contributed by atoms with E-state index in [2.05, 4.69) is 0 Å². The van der Waals surface area contributed by atoms with Gasteiger partial charge in [0.05, 0.1) is 12.0 Å². The molecule has 2 amide bonds. The van der Waals surface area contributed by atoms with Crippen LogP contribution in [0.4, 0.5) is 0 Å². The van der Waals surface area contributed by atoms with Crippen LogP contribution in [0.15, 0.2) is 54.6 Å². The van der Waals surface area contributed by atoms with Crippen LogP contribution in [-0.2, 0) is 14.9 Å². The summed E-state index contributed by atoms with van der Waals surface area (Å²) in [5.74, 6) is 0.701. The summed E-state index contributed by atoms with van der Waals surface area (Å²) in [7, 11) is 1.62. The molecule has 1 aliphatic heterocycles. The average Bonchev–Trinajstić information content (AvgIpc) is 2.79. The van der Waals surface area contributed by atoms with Crippen LogP contribution in [0.2, 0.25) is 0 Å². The maximum atomic E-state index is 13.1. The molecule has 2 aromatic carbocycles. The van der Waals surface area contributed by atoms with E-state index in [1.165, 1.54) is 0 Å². The average molecular weight is 411 g/mol. The van der Waals surface area contributed by atoms with Gasteiger partial charge in [0.25, 0.3) is 5.91 Å². The smallest absolute Gasteiger partial charge is 0.254 e. The van der Waals surface area contributed by atoms with Gasteiger partial charge < -0.3 is 19.3 Å². The standard InChI is InChI=1S/C24H30N2O4/c1-24(2,20-9-5-4-6-10-20)23(28)26-14-12-25(13-15-26)22(27)19-8-7-11-21(18-19)30-17-16-29-3/h4-11,18H,12-17H2,1-3H3. The Morgan fingerprint density at radius 3 is 2.23 bits per heavy atom. The molecule has 0 spiro atoms. The maximum absolute atomic E-state index is 13.1. The Balaban J connectivity index is 1.59. The van der Waals surface area contributed by atoms with E-state index in [0.717, 1.165) is 5.56 Å². The second-order valence-electron chi connectivity index (χ2n) is 7.94. The van der Waals surface area contributed by atoms with Crippen molar-refractivity contribution in [2.45, 2.75) is 19.3 Å². The number of carbonyl (C=O) groups is 2. The number of methoxy groups -OCH3 is 1. The minimum absolute atomic E-state index is 0.0402. The van der Waals surface area contributed by atoms with Crippen molar-refractivity contribution in [3.63, 3.8) is 0 Å². The zero-order valence-corrected chi connectivity index (χ0v) is 18.0. The highest BCUT2D eigenvalue weighted by molar-refractivity contribution is 5.95. The van der Waals surface area contributed by atoms with E-state index in [-0.39, 0.29) is 11.8 Å². The molecule has 1 fully saturated rings. The van der Waals surface area contributed by atoms with Gasteiger partial charge in [-0.3, -0.25) is 9.59 Å². The SMILES string of the molecule is COCCOc1cccc(C(=O)N2CCN(C(=O)C(C)(C)c3ccccc3)CC2)c1. The molecule has 6 heteroatoms. The van der Waals surface area contributed by atoms with Crippen LogP contribution >= 0.6 is 0 Å². The van der Waals surface area contributed by atoms with Crippen LogP contribution in [0, 0.1) is 0 Å². The number of ether oxygens (including phenoxy) is 2. The Morgan fingerprint density at radius 1 is 0.900 bits per heavy atom. The number of rotatable bonds is 7. The van der Waals surface area contributed by atoms with Gasteiger partial charge in [-0.1, -0.05) is 36.4 Å². The molecule has 2 aromatic rings. The zero-order chi connectivity index (χ0) is 21.6. The van der Waals surface area contributed by atoms with Crippen molar-refractivity contribution < 1.29 is 19.1 Å². The molecule has 160 valence electrons. The molecule has 0 radical (unpaired) electrons. The number of carbonyl (C=O) groups excluding carboxylic acids is 2. The van der Waals surface area contributed by atoms with Crippen molar-refractivity contribution in [3.8, 4) is 5.75 Å². The van der Waals surface area contributed by atoms with E-state index in [9.17, 15) is 9.59 Å². The number of hydrogen-bond donors (Lipinski definition) is 0. The van der Waals surface area contributed by atoms with Gasteiger partial charge in [0.2, 0.25) is 5.91 Å². The van der Waals surface area contributed by atoms with Crippen molar-refractivity contribution >= 4 is 11.8 Å². The van der Waals surface area contributed by atoms with Crippen molar-refractivity contribution in [2.75, 3.05) is 46.5 Å². The lowest BCUT2D eigenvalue weighted by atomic mass is 9.83. The van der Waals surface area contributed by atoms with Crippen LogP contribution in [0.5, 0.6) is 5.75 Å². The molecule has 1 aliphatic rings. The third kappa shape index (κ3) is 5.00. The fourth-order valence-electron chi connectivity index (χ4n) is 3.63. The highest BCUT2D eigenvalue weighted by Gasteiger charge is 2.35. The first-order valence-electron chi connectivity index (χ1n) is 10.3. The Kier molecular flexibility index (Phi) is 7.11. The Bertz CT molecular complexity index is 859. The Morgan fingerprint density at radius 2 is 1.57 bits per heavy atom. The summed E-state index contributed by atoms with van der Waals surface area (Å²) in [5, 5.41) is 0. The van der Waals surface area contributed by atoms with Crippen LogP contribution in [0.3, 0.4) is 0 Å². The number of hydrogen-bond acceptors (Lipinski definition) is 4. The molecule has 0 unspecified atom stereocenters. The van der Waals surface area contributed by atoms with Crippen molar-refractivity contribution in [3.05, 3.63) is 65.7 Å². The van der Waals surface area contributed by atoms with Gasteiger partial charge in [-0.05, 0) is 37.6 Å². The van der Waals surface area contributed by atoms with Gasteiger partial charge in [0, 0.05) is 38.9 Å². The lowest BCUT2D eigenvalue weighted by Crippen LogP contribution is -2.54. The fourth-order valence-corrected chi connectivity index (χ4v) is 3.63. The number of nitrogens with zero attached hydrogens (tertiary/aromatic N) is 2. The van der Waals surface area contributed by atoms with E-state index >= 15 is 0 Å². The lowest BCUT2D eigenvalue weighted by molar-refractivity contribution is -0.137. The monoisotopic (exact) mass is 410 g/mol. The van der Waals surface area contributed by atoms with Crippen LogP contribution < -0.4 is 4.74 Å². The Hall–Kier alpha value is -2.86. The van der Waals surface area contributed by atoms with Crippen molar-refractivity contribution in [1.29, 1.82) is 0 Å². The van der Waals surface area contributed by atoms with E-state index < -0.39 is 5.41 Å². The van der Waals surface area contributed by atoms with E-state index in [0.29, 0.717) is 50.7 Å². The molecule has 1 saturated heterocycles. The van der Waals surface area contributed by atoms with Gasteiger partial charge in [-0.25, -0.2) is 0 Å². The topological polar surface area (TPSA) is 59.1 Å². The second-order valence-corrected chi connectivity index (χ2v) is 7.94. The second kappa shape index (κ2) is 9.76. The molecular formula is C24H30N2O4. The quantitative estimate of drug-likeness (QED) is 0.659. The molecule has 0 N–H and O–H groups in total. The summed E-state index contributed by atoms with van der Waals surface area (Å²) in [4.78, 5) is 29.7. The number of piperazine rings is 1. The molecule has 6 nitrogen and oxygen atoms in total. The summed E-state index contributed by atoms with van der Waals surface area (Å²) in [6, 6.07) is 17.0. The van der Waals surface area contributed by atoms with Crippen molar-refractivity contribution in [1.82, 2.24) is 9.80 Å². The molecular weight excluding hydrogens is 380 g/mol. The lowest BCUT2D eigenvalue weighted by Gasteiger charge is -2.38. The van der Waals surface area contributed by atoms with Gasteiger partial charge in [0.1, 0.15) is 12.4 Å². The van der Waals surface area contributed by atoms with Gasteiger partial charge in [0.15, 0.2) is 0 Å². The van der Waals surface area contributed by atoms with Gasteiger partial charge in [-0.2, -0.15) is 0 Å². The first-order chi connectivity index (χ1) is 14.4. The molecule has 30 heavy (non-hydrogen) atoms. The summed E-state index contributed by atoms with van der Waals surface area (Å²) in [5.41, 5.74) is 0.995. The highest BCUT2D eigenvalue weighted by atomic mass is 16.5. The van der Waals surface area contributed by atoms with Crippen LogP contribution in [0.25, 0.3) is 0 Å². The fraction of sp³-hybridized carbons (Fsp3) is 0.417. The van der Waals surface area contributed by atoms with Crippen LogP contribution in [0.1, 0.15) is 29.8 Å². The summed E-state index contributed by atoms with van der Waals surface area (Å²) in [6.07, 6.45) is 0. The Labute approximate surface area is 178 Å². The predicted molar refractivity (Wildman–Crippen MR) is 116 cm³/mol. The van der Waals surface area contributed by atoms with Gasteiger partial charge >= 0.3 is 0 Å². The molecule has 0 bridgehead atoms. The minimum Gasteiger partial charge on any atom is -0.491 e. The normalized spacial score (nSPS) is 14.5. The summed E-state index contributed by atoms with van der Waals surface area (Å²) >= 11 is 0. The third-order valence-corrected chi connectivity index (χ3v) is 5.52. The number of amides is 2. The number of benzene rings is 2. The minimum atomic E-state index is -0.596. The first kappa shape index (κ1) is 21.8. The van der Waals surface area contributed by atoms with E-state index in [1.807, 2.05) is 61.2 Å². The van der Waals surface area contributed by atoms with E-state index in [4.69, 9.17) is 9.47 Å².